The molecule has 0 bridgehead atoms. The summed E-state index contributed by atoms with van der Waals surface area (Å²) in [5.41, 5.74) is 6.33. The summed E-state index contributed by atoms with van der Waals surface area (Å²) in [5.74, 6) is 0.160. The Bertz CT molecular complexity index is 388. The molecule has 0 aliphatic heterocycles. The van der Waals surface area contributed by atoms with E-state index in [9.17, 15) is 4.79 Å². The Labute approximate surface area is 93.2 Å². The van der Waals surface area contributed by atoms with Crippen LogP contribution in [-0.4, -0.2) is 12.6 Å². The van der Waals surface area contributed by atoms with Gasteiger partial charge >= 0.3 is 5.97 Å². The second-order valence-electron chi connectivity index (χ2n) is 3.75. The van der Waals surface area contributed by atoms with Gasteiger partial charge in [-0.25, -0.2) is 4.79 Å². The Morgan fingerprint density at radius 2 is 2.27 bits per heavy atom. The van der Waals surface area contributed by atoms with Gasteiger partial charge in [-0.3, -0.25) is 0 Å². The molecule has 1 aromatic rings. The van der Waals surface area contributed by atoms with Gasteiger partial charge in [0.05, 0.1) is 22.9 Å². The van der Waals surface area contributed by atoms with Gasteiger partial charge in [-0.1, -0.05) is 17.7 Å². The van der Waals surface area contributed by atoms with Crippen LogP contribution in [0.15, 0.2) is 18.2 Å². The second kappa shape index (κ2) is 4.11. The minimum absolute atomic E-state index is 0.276. The highest BCUT2D eigenvalue weighted by Gasteiger charge is 2.24. The first-order valence-electron chi connectivity index (χ1n) is 4.89. The minimum atomic E-state index is -0.390. The molecule has 0 saturated heterocycles. The molecule has 80 valence electrons. The van der Waals surface area contributed by atoms with Crippen molar-refractivity contribution in [3.05, 3.63) is 28.8 Å². The van der Waals surface area contributed by atoms with Crippen molar-refractivity contribution in [1.82, 2.24) is 0 Å². The molecule has 0 aromatic heterocycles. The van der Waals surface area contributed by atoms with Crippen molar-refractivity contribution in [3.63, 3.8) is 0 Å². The van der Waals surface area contributed by atoms with E-state index in [1.54, 1.807) is 18.2 Å². The van der Waals surface area contributed by atoms with E-state index in [1.165, 1.54) is 0 Å². The third-order valence-electron chi connectivity index (χ3n) is 2.40. The van der Waals surface area contributed by atoms with E-state index >= 15 is 0 Å². The van der Waals surface area contributed by atoms with Crippen molar-refractivity contribution in [1.29, 1.82) is 0 Å². The lowest BCUT2D eigenvalue weighted by molar-refractivity contribution is 0.0486. The molecule has 0 radical (unpaired) electrons. The number of rotatable bonds is 3. The maximum absolute atomic E-state index is 11.6. The summed E-state index contributed by atoms with van der Waals surface area (Å²) in [6, 6.07) is 4.96. The molecule has 4 heteroatoms. The van der Waals surface area contributed by atoms with Crippen LogP contribution in [0.3, 0.4) is 0 Å². The third-order valence-corrected chi connectivity index (χ3v) is 2.82. The molecule has 1 aromatic carbocycles. The summed E-state index contributed by atoms with van der Waals surface area (Å²) in [6.07, 6.45) is 2.30. The first-order chi connectivity index (χ1) is 7.18. The number of carbonyl (C=O) groups is 1. The van der Waals surface area contributed by atoms with E-state index in [0.717, 1.165) is 12.8 Å². The van der Waals surface area contributed by atoms with Crippen LogP contribution in [0.25, 0.3) is 0 Å². The average Bonchev–Trinajstić information content (AvgIpc) is 3.02. The lowest BCUT2D eigenvalue weighted by Crippen LogP contribution is -2.08. The van der Waals surface area contributed by atoms with Crippen LogP contribution >= 0.6 is 11.6 Å². The number of nitrogens with two attached hydrogens (primary N) is 1. The van der Waals surface area contributed by atoms with Crippen molar-refractivity contribution in [2.45, 2.75) is 12.8 Å². The quantitative estimate of drug-likeness (QED) is 0.635. The predicted octanol–water partition coefficient (Wildman–Crippen LogP) is 2.49. The molecule has 0 unspecified atom stereocenters. The number of benzene rings is 1. The summed E-state index contributed by atoms with van der Waals surface area (Å²) < 4.78 is 5.11. The summed E-state index contributed by atoms with van der Waals surface area (Å²) in [4.78, 5) is 11.6. The van der Waals surface area contributed by atoms with Gasteiger partial charge in [-0.2, -0.15) is 0 Å². The van der Waals surface area contributed by atoms with Crippen LogP contribution in [0.4, 0.5) is 5.69 Å². The zero-order chi connectivity index (χ0) is 10.8. The van der Waals surface area contributed by atoms with E-state index in [1.807, 2.05) is 0 Å². The average molecular weight is 226 g/mol. The summed E-state index contributed by atoms with van der Waals surface area (Å²) in [5, 5.41) is 0.276. The fourth-order valence-corrected chi connectivity index (χ4v) is 1.47. The van der Waals surface area contributed by atoms with Crippen LogP contribution in [0.2, 0.25) is 5.02 Å². The fourth-order valence-electron chi connectivity index (χ4n) is 1.26. The number of ether oxygens (including phenoxy) is 1. The summed E-state index contributed by atoms with van der Waals surface area (Å²) in [7, 11) is 0. The molecule has 3 nitrogen and oxygen atoms in total. The Morgan fingerprint density at radius 1 is 1.53 bits per heavy atom. The van der Waals surface area contributed by atoms with Crippen LogP contribution < -0.4 is 5.73 Å². The number of anilines is 1. The monoisotopic (exact) mass is 225 g/mol. The van der Waals surface area contributed by atoms with Crippen molar-refractivity contribution < 1.29 is 9.53 Å². The van der Waals surface area contributed by atoms with E-state index in [-0.39, 0.29) is 11.0 Å². The van der Waals surface area contributed by atoms with Crippen LogP contribution in [-0.2, 0) is 4.74 Å². The highest BCUT2D eigenvalue weighted by Crippen LogP contribution is 2.30. The summed E-state index contributed by atoms with van der Waals surface area (Å²) >= 11 is 5.89. The zero-order valence-corrected chi connectivity index (χ0v) is 8.96. The topological polar surface area (TPSA) is 52.3 Å². The van der Waals surface area contributed by atoms with Crippen LogP contribution in [0.1, 0.15) is 23.2 Å². The van der Waals surface area contributed by atoms with Gasteiger partial charge in [-0.15, -0.1) is 0 Å². The fraction of sp³-hybridized carbons (Fsp3) is 0.364. The van der Waals surface area contributed by atoms with E-state index in [0.29, 0.717) is 23.8 Å². The molecule has 1 fully saturated rings. The van der Waals surface area contributed by atoms with Gasteiger partial charge in [0.2, 0.25) is 0 Å². The molecule has 1 aliphatic carbocycles. The number of hydrogen-bond acceptors (Lipinski definition) is 3. The van der Waals surface area contributed by atoms with Gasteiger partial charge in [0.15, 0.2) is 0 Å². The van der Waals surface area contributed by atoms with Crippen molar-refractivity contribution in [2.24, 2.45) is 5.92 Å². The Hall–Kier alpha value is -1.22. The lowest BCUT2D eigenvalue weighted by atomic mass is 10.2. The molecule has 15 heavy (non-hydrogen) atoms. The number of halogens is 1. The van der Waals surface area contributed by atoms with Crippen LogP contribution in [0.5, 0.6) is 0 Å². The molecule has 2 N–H and O–H groups in total. The largest absolute Gasteiger partial charge is 0.462 e. The third kappa shape index (κ3) is 2.42. The molecular weight excluding hydrogens is 214 g/mol. The van der Waals surface area contributed by atoms with Crippen LogP contribution in [0, 0.1) is 5.92 Å². The number of esters is 1. The van der Waals surface area contributed by atoms with E-state index < -0.39 is 0 Å². The second-order valence-corrected chi connectivity index (χ2v) is 4.13. The van der Waals surface area contributed by atoms with Gasteiger partial charge in [0, 0.05) is 0 Å². The maximum Gasteiger partial charge on any atom is 0.339 e. The Kier molecular flexibility index (Phi) is 2.82. The lowest BCUT2D eigenvalue weighted by Gasteiger charge is -2.06. The highest BCUT2D eigenvalue weighted by molar-refractivity contribution is 6.36. The van der Waals surface area contributed by atoms with E-state index in [4.69, 9.17) is 22.1 Å². The Morgan fingerprint density at radius 3 is 2.93 bits per heavy atom. The molecular formula is C11H12ClNO2. The number of carbonyl (C=O) groups excluding carboxylic acids is 1. The number of nitrogen functional groups attached to an aromatic ring is 1. The summed E-state index contributed by atoms with van der Waals surface area (Å²) in [6.45, 7) is 0.490. The predicted molar refractivity (Wildman–Crippen MR) is 58.9 cm³/mol. The van der Waals surface area contributed by atoms with Gasteiger partial charge < -0.3 is 10.5 Å². The van der Waals surface area contributed by atoms with E-state index in [2.05, 4.69) is 0 Å². The highest BCUT2D eigenvalue weighted by atomic mass is 35.5. The molecule has 1 saturated carbocycles. The normalized spacial score (nSPS) is 15.0. The first kappa shape index (κ1) is 10.3. The minimum Gasteiger partial charge on any atom is -0.462 e. The number of hydrogen-bond donors (Lipinski definition) is 1. The SMILES string of the molecule is Nc1cccc(C(=O)OCC2CC2)c1Cl. The smallest absolute Gasteiger partial charge is 0.339 e. The van der Waals surface area contributed by atoms with Crippen molar-refractivity contribution >= 4 is 23.3 Å². The van der Waals surface area contributed by atoms with Crippen molar-refractivity contribution in [2.75, 3.05) is 12.3 Å². The van der Waals surface area contributed by atoms with Gasteiger partial charge in [0.1, 0.15) is 0 Å². The standard InChI is InChI=1S/C11H12ClNO2/c12-10-8(2-1-3-9(10)13)11(14)15-6-7-4-5-7/h1-3,7H,4-6,13H2. The molecule has 0 spiro atoms. The molecule has 0 heterocycles. The molecule has 0 atom stereocenters. The molecule has 0 amide bonds. The van der Waals surface area contributed by atoms with Crippen molar-refractivity contribution in [3.8, 4) is 0 Å². The molecule has 2 rings (SSSR count). The Balaban J connectivity index is 2.06. The molecule has 1 aliphatic rings. The maximum atomic E-state index is 11.6. The zero-order valence-electron chi connectivity index (χ0n) is 8.20. The van der Waals surface area contributed by atoms with Gasteiger partial charge in [-0.05, 0) is 30.9 Å². The first-order valence-corrected chi connectivity index (χ1v) is 5.27. The van der Waals surface area contributed by atoms with Gasteiger partial charge in [0.25, 0.3) is 0 Å².